The summed E-state index contributed by atoms with van der Waals surface area (Å²) in [5.41, 5.74) is 1.72. The molecule has 2 aromatic heterocycles. The second kappa shape index (κ2) is 11.1. The van der Waals surface area contributed by atoms with E-state index in [1.165, 1.54) is 0 Å². The highest BCUT2D eigenvalue weighted by molar-refractivity contribution is 7.81. The second-order valence-corrected chi connectivity index (χ2v) is 8.73. The fourth-order valence-corrected chi connectivity index (χ4v) is 3.82. The molecule has 2 heterocycles. The van der Waals surface area contributed by atoms with Gasteiger partial charge in [-0.2, -0.15) is 0 Å². The van der Waals surface area contributed by atoms with Crippen LogP contribution in [-0.4, -0.2) is 31.0 Å². The molecule has 1 atom stereocenters. The molecule has 0 saturated carbocycles. The normalized spacial score (nSPS) is 12.2. The third kappa shape index (κ3) is 6.08. The number of benzene rings is 1. The molecule has 0 bridgehead atoms. The van der Waals surface area contributed by atoms with E-state index < -0.39 is 17.4 Å². The summed E-state index contributed by atoms with van der Waals surface area (Å²) in [6.45, 7) is 6.81. The lowest BCUT2D eigenvalue weighted by Crippen LogP contribution is -2.34. The van der Waals surface area contributed by atoms with Gasteiger partial charge >= 0.3 is 6.09 Å². The quantitative estimate of drug-likeness (QED) is 0.315. The summed E-state index contributed by atoms with van der Waals surface area (Å²) in [6.07, 6.45) is 6.54. The lowest BCUT2D eigenvalue weighted by atomic mass is 9.99. The maximum Gasteiger partial charge on any atom is 0.425 e. The predicted molar refractivity (Wildman–Crippen MR) is 122 cm³/mol. The van der Waals surface area contributed by atoms with Gasteiger partial charge in [-0.15, -0.1) is 0 Å². The van der Waals surface area contributed by atoms with Crippen molar-refractivity contribution >= 4 is 23.0 Å². The maximum atomic E-state index is 12.6. The molecule has 0 radical (unpaired) electrons. The first-order valence-electron chi connectivity index (χ1n) is 10.6. The van der Waals surface area contributed by atoms with Crippen LogP contribution in [0.2, 0.25) is 0 Å². The first kappa shape index (κ1) is 23.7. The van der Waals surface area contributed by atoms with Crippen molar-refractivity contribution in [2.45, 2.75) is 46.6 Å². The second-order valence-electron chi connectivity index (χ2n) is 7.93. The number of anilines is 1. The Morgan fingerprint density at radius 1 is 1.31 bits per heavy atom. The zero-order chi connectivity index (χ0) is 23.1. The van der Waals surface area contributed by atoms with Crippen molar-refractivity contribution in [1.82, 2.24) is 9.55 Å². The van der Waals surface area contributed by atoms with Gasteiger partial charge < -0.3 is 18.3 Å². The highest BCUT2D eigenvalue weighted by Crippen LogP contribution is 2.35. The van der Waals surface area contributed by atoms with Gasteiger partial charge in [0.15, 0.2) is 0 Å². The molecule has 1 aromatic carbocycles. The zero-order valence-corrected chi connectivity index (χ0v) is 19.3. The summed E-state index contributed by atoms with van der Waals surface area (Å²) in [7, 11) is 0. The number of aromatic nitrogens is 2. The van der Waals surface area contributed by atoms with E-state index in [2.05, 4.69) is 18.8 Å². The Morgan fingerprint density at radius 2 is 2.12 bits per heavy atom. The Balaban J connectivity index is 1.99. The van der Waals surface area contributed by atoms with E-state index in [1.54, 1.807) is 24.7 Å². The average Bonchev–Trinajstić information content (AvgIpc) is 3.41. The number of imidazole rings is 1. The van der Waals surface area contributed by atoms with Crippen LogP contribution >= 0.6 is 0 Å². The molecule has 0 saturated heterocycles. The molecule has 8 nitrogen and oxygen atoms in total. The Labute approximate surface area is 190 Å². The average molecular weight is 459 g/mol. The standard InChI is InChI=1S/C23H29N3O5S/c1-4-5-12-30-23(27)26(32(28)29)21-8-6-18(13-17(2)3)14-20(21)22-9-7-19(31-22)15-25-11-10-24-16-25/h6-11,14,16-17H,4-5,12-13,15H2,1-3H3,(H,28,29)/p-1. The molecule has 0 fully saturated rings. The smallest absolute Gasteiger partial charge is 0.425 e. The molecule has 0 aliphatic carbocycles. The first-order chi connectivity index (χ1) is 15.4. The number of nitrogens with zero attached hydrogens (tertiary/aromatic N) is 3. The highest BCUT2D eigenvalue weighted by atomic mass is 32.2. The summed E-state index contributed by atoms with van der Waals surface area (Å²) >= 11 is -2.86. The summed E-state index contributed by atoms with van der Waals surface area (Å²) < 4.78 is 37.7. The Morgan fingerprint density at radius 3 is 2.78 bits per heavy atom. The largest absolute Gasteiger partial charge is 0.755 e. The van der Waals surface area contributed by atoms with Crippen molar-refractivity contribution < 1.29 is 22.7 Å². The number of carbonyl (C=O) groups excluding carboxylic acids is 1. The van der Waals surface area contributed by atoms with Crippen LogP contribution in [0.5, 0.6) is 0 Å². The van der Waals surface area contributed by atoms with Crippen LogP contribution in [0.3, 0.4) is 0 Å². The fourth-order valence-electron chi connectivity index (χ4n) is 3.33. The summed E-state index contributed by atoms with van der Waals surface area (Å²) in [6, 6.07) is 8.93. The molecule has 3 rings (SSSR count). The summed E-state index contributed by atoms with van der Waals surface area (Å²) in [4.78, 5) is 16.6. The number of rotatable bonds is 10. The molecular formula is C23H28N3O5S-. The van der Waals surface area contributed by atoms with E-state index in [9.17, 15) is 13.6 Å². The SMILES string of the molecule is CCCCOC(=O)N(c1ccc(CC(C)C)cc1-c1ccc(Cn2ccnc2)o1)S(=O)[O-]. The number of furan rings is 1. The van der Waals surface area contributed by atoms with Crippen molar-refractivity contribution in [2.24, 2.45) is 5.92 Å². The van der Waals surface area contributed by atoms with Crippen molar-refractivity contribution in [3.8, 4) is 11.3 Å². The number of hydrogen-bond acceptors (Lipinski definition) is 6. The molecule has 0 aliphatic rings. The topological polar surface area (TPSA) is 101 Å². The maximum absolute atomic E-state index is 12.6. The van der Waals surface area contributed by atoms with E-state index >= 15 is 0 Å². The summed E-state index contributed by atoms with van der Waals surface area (Å²) in [5.74, 6) is 1.56. The van der Waals surface area contributed by atoms with Crippen molar-refractivity contribution in [1.29, 1.82) is 0 Å². The molecule has 1 unspecified atom stereocenters. The molecule has 32 heavy (non-hydrogen) atoms. The molecule has 0 aliphatic heterocycles. The minimum absolute atomic E-state index is 0.152. The van der Waals surface area contributed by atoms with Gasteiger partial charge in [-0.3, -0.25) is 4.21 Å². The van der Waals surface area contributed by atoms with Crippen LogP contribution < -0.4 is 4.31 Å². The highest BCUT2D eigenvalue weighted by Gasteiger charge is 2.24. The van der Waals surface area contributed by atoms with Gasteiger partial charge in [-0.05, 0) is 48.6 Å². The van der Waals surface area contributed by atoms with E-state index in [4.69, 9.17) is 9.15 Å². The van der Waals surface area contributed by atoms with E-state index in [-0.39, 0.29) is 12.3 Å². The molecule has 0 spiro atoms. The molecule has 9 heteroatoms. The van der Waals surface area contributed by atoms with Gasteiger partial charge in [0.1, 0.15) is 11.5 Å². The Hall–Kier alpha value is -2.91. The lowest BCUT2D eigenvalue weighted by Gasteiger charge is -2.26. The third-order valence-electron chi connectivity index (χ3n) is 4.79. The van der Waals surface area contributed by atoms with Crippen LogP contribution in [0.15, 0.2) is 53.5 Å². The monoisotopic (exact) mass is 458 g/mol. The minimum atomic E-state index is -2.86. The first-order valence-corrected chi connectivity index (χ1v) is 11.7. The van der Waals surface area contributed by atoms with Gasteiger partial charge in [-0.25, -0.2) is 14.1 Å². The lowest BCUT2D eigenvalue weighted by molar-refractivity contribution is 0.156. The Kier molecular flexibility index (Phi) is 8.24. The van der Waals surface area contributed by atoms with Crippen molar-refractivity contribution in [3.63, 3.8) is 0 Å². The Bertz CT molecular complexity index is 1050. The van der Waals surface area contributed by atoms with Crippen LogP contribution in [0.4, 0.5) is 10.5 Å². The number of ether oxygens (including phenoxy) is 1. The van der Waals surface area contributed by atoms with E-state index in [0.717, 1.165) is 18.4 Å². The van der Waals surface area contributed by atoms with E-state index in [0.29, 0.717) is 40.3 Å². The van der Waals surface area contributed by atoms with Crippen LogP contribution in [-0.2, 0) is 29.0 Å². The molecule has 0 N–H and O–H groups in total. The number of hydrogen-bond donors (Lipinski definition) is 0. The van der Waals surface area contributed by atoms with Crippen LogP contribution in [0.25, 0.3) is 11.3 Å². The molecular weight excluding hydrogens is 430 g/mol. The van der Waals surface area contributed by atoms with Crippen molar-refractivity contribution in [3.05, 3.63) is 60.4 Å². The van der Waals surface area contributed by atoms with Gasteiger partial charge in [-0.1, -0.05) is 33.3 Å². The number of amides is 1. The third-order valence-corrected chi connectivity index (χ3v) is 5.43. The molecule has 3 aromatic rings. The van der Waals surface area contributed by atoms with Gasteiger partial charge in [0.2, 0.25) is 0 Å². The summed E-state index contributed by atoms with van der Waals surface area (Å²) in [5, 5.41) is 0. The fraction of sp³-hybridized carbons (Fsp3) is 0.391. The zero-order valence-electron chi connectivity index (χ0n) is 18.5. The van der Waals surface area contributed by atoms with Gasteiger partial charge in [0.05, 0.1) is 36.4 Å². The molecule has 172 valence electrons. The van der Waals surface area contributed by atoms with Gasteiger partial charge in [0.25, 0.3) is 0 Å². The van der Waals surface area contributed by atoms with Crippen LogP contribution in [0, 0.1) is 5.92 Å². The van der Waals surface area contributed by atoms with Gasteiger partial charge in [0, 0.05) is 18.0 Å². The van der Waals surface area contributed by atoms with Crippen LogP contribution in [0.1, 0.15) is 44.9 Å². The number of unbranched alkanes of at least 4 members (excludes halogenated alkanes) is 1. The predicted octanol–water partition coefficient (Wildman–Crippen LogP) is 4.93. The number of carbonyl (C=O) groups is 1. The van der Waals surface area contributed by atoms with Crippen molar-refractivity contribution in [2.75, 3.05) is 10.9 Å². The molecule has 1 amide bonds. The minimum Gasteiger partial charge on any atom is -0.755 e. The van der Waals surface area contributed by atoms with E-state index in [1.807, 2.05) is 35.9 Å².